The predicted molar refractivity (Wildman–Crippen MR) is 112 cm³/mol. The molecule has 0 aliphatic rings. The second kappa shape index (κ2) is 10.3. The minimum Gasteiger partial charge on any atom is -0.357 e. The lowest BCUT2D eigenvalue weighted by Crippen LogP contribution is -2.40. The van der Waals surface area contributed by atoms with E-state index in [1.165, 1.54) is 17.0 Å². The maximum absolute atomic E-state index is 11.3. The molecule has 0 aromatic heterocycles. The molecule has 0 amide bonds. The van der Waals surface area contributed by atoms with E-state index in [0.717, 1.165) is 24.6 Å². The van der Waals surface area contributed by atoms with Crippen molar-refractivity contribution in [3.05, 3.63) is 60.2 Å². The van der Waals surface area contributed by atoms with Crippen LogP contribution in [0.1, 0.15) is 19.4 Å². The standard InChI is InChI=1S/C19H26N4O2S2/c1-3-21-19(22-13-15(2)26-17-7-5-4-6-8-17)23-14-16-9-11-18(12-10-16)27(20,24)25/h4-12,15H,3,13-14H2,1-2H3,(H2,20,24,25)(H2,21,22,23). The van der Waals surface area contributed by atoms with Gasteiger partial charge in [-0.25, -0.2) is 18.5 Å². The Labute approximate surface area is 165 Å². The molecule has 0 spiro atoms. The van der Waals surface area contributed by atoms with E-state index in [1.54, 1.807) is 12.1 Å². The normalized spacial score (nSPS) is 13.2. The summed E-state index contributed by atoms with van der Waals surface area (Å²) in [5.74, 6) is 0.730. The molecule has 4 N–H and O–H groups in total. The van der Waals surface area contributed by atoms with Crippen LogP contribution < -0.4 is 15.8 Å². The van der Waals surface area contributed by atoms with Crippen molar-refractivity contribution in [2.75, 3.05) is 13.1 Å². The Hall–Kier alpha value is -2.03. The molecule has 8 heteroatoms. The number of nitrogens with zero attached hydrogens (tertiary/aromatic N) is 1. The van der Waals surface area contributed by atoms with Crippen molar-refractivity contribution >= 4 is 27.7 Å². The van der Waals surface area contributed by atoms with E-state index in [2.05, 4.69) is 34.7 Å². The SMILES string of the molecule is CCNC(=NCc1ccc(S(N)(=O)=O)cc1)NCC(C)Sc1ccccc1. The molecule has 6 nitrogen and oxygen atoms in total. The molecule has 2 aromatic rings. The Morgan fingerprint density at radius 3 is 2.37 bits per heavy atom. The Kier molecular flexibility index (Phi) is 8.15. The predicted octanol–water partition coefficient (Wildman–Crippen LogP) is 2.57. The van der Waals surface area contributed by atoms with Gasteiger partial charge in [-0.2, -0.15) is 0 Å². The molecule has 146 valence electrons. The van der Waals surface area contributed by atoms with Crippen LogP contribution >= 0.6 is 11.8 Å². The van der Waals surface area contributed by atoms with Crippen LogP contribution in [0.3, 0.4) is 0 Å². The number of nitrogens with two attached hydrogens (primary N) is 1. The zero-order chi connectivity index (χ0) is 19.7. The smallest absolute Gasteiger partial charge is 0.238 e. The summed E-state index contributed by atoms with van der Waals surface area (Å²) < 4.78 is 22.6. The summed E-state index contributed by atoms with van der Waals surface area (Å²) in [5, 5.41) is 12.1. The number of aliphatic imine (C=N–C) groups is 1. The number of hydrogen-bond acceptors (Lipinski definition) is 4. The molecule has 1 atom stereocenters. The average molecular weight is 407 g/mol. The Morgan fingerprint density at radius 1 is 1.11 bits per heavy atom. The fraction of sp³-hybridized carbons (Fsp3) is 0.316. The summed E-state index contributed by atoms with van der Waals surface area (Å²) >= 11 is 1.81. The lowest BCUT2D eigenvalue weighted by Gasteiger charge is -2.15. The van der Waals surface area contributed by atoms with Gasteiger partial charge in [0.15, 0.2) is 5.96 Å². The van der Waals surface area contributed by atoms with Crippen molar-refractivity contribution in [1.29, 1.82) is 0 Å². The highest BCUT2D eigenvalue weighted by atomic mass is 32.2. The van der Waals surface area contributed by atoms with E-state index >= 15 is 0 Å². The Balaban J connectivity index is 1.91. The van der Waals surface area contributed by atoms with Crippen LogP contribution in [0.15, 0.2) is 69.4 Å². The van der Waals surface area contributed by atoms with Gasteiger partial charge in [-0.15, -0.1) is 11.8 Å². The molecule has 2 rings (SSSR count). The van der Waals surface area contributed by atoms with Gasteiger partial charge in [-0.1, -0.05) is 37.3 Å². The second-order valence-electron chi connectivity index (χ2n) is 6.01. The third-order valence-corrected chi connectivity index (χ3v) is 5.70. The van der Waals surface area contributed by atoms with E-state index in [-0.39, 0.29) is 4.90 Å². The van der Waals surface area contributed by atoms with Crippen LogP contribution in [0.4, 0.5) is 0 Å². The van der Waals surface area contributed by atoms with Crippen LogP contribution in [-0.2, 0) is 16.6 Å². The van der Waals surface area contributed by atoms with E-state index in [0.29, 0.717) is 11.8 Å². The van der Waals surface area contributed by atoms with Gasteiger partial charge in [0, 0.05) is 23.2 Å². The van der Waals surface area contributed by atoms with Crippen molar-refractivity contribution in [2.45, 2.75) is 35.4 Å². The van der Waals surface area contributed by atoms with Gasteiger partial charge in [0.05, 0.1) is 11.4 Å². The van der Waals surface area contributed by atoms with E-state index in [1.807, 2.05) is 36.9 Å². The van der Waals surface area contributed by atoms with Crippen molar-refractivity contribution in [3.8, 4) is 0 Å². The number of rotatable bonds is 8. The van der Waals surface area contributed by atoms with Gasteiger partial charge in [-0.3, -0.25) is 0 Å². The zero-order valence-corrected chi connectivity index (χ0v) is 17.2. The number of benzene rings is 2. The van der Waals surface area contributed by atoms with Crippen molar-refractivity contribution in [1.82, 2.24) is 10.6 Å². The topological polar surface area (TPSA) is 96.6 Å². The van der Waals surface area contributed by atoms with Crippen LogP contribution in [0.25, 0.3) is 0 Å². The van der Waals surface area contributed by atoms with Crippen molar-refractivity contribution in [2.24, 2.45) is 10.1 Å². The Morgan fingerprint density at radius 2 is 1.78 bits per heavy atom. The van der Waals surface area contributed by atoms with Crippen LogP contribution in [0.5, 0.6) is 0 Å². The molecular formula is C19H26N4O2S2. The first-order valence-electron chi connectivity index (χ1n) is 8.74. The molecule has 0 aliphatic carbocycles. The number of nitrogens with one attached hydrogen (secondary N) is 2. The summed E-state index contributed by atoms with van der Waals surface area (Å²) in [4.78, 5) is 5.90. The first-order valence-corrected chi connectivity index (χ1v) is 11.2. The highest BCUT2D eigenvalue weighted by Crippen LogP contribution is 2.21. The van der Waals surface area contributed by atoms with E-state index in [4.69, 9.17) is 5.14 Å². The maximum Gasteiger partial charge on any atom is 0.238 e. The highest BCUT2D eigenvalue weighted by Gasteiger charge is 2.08. The van der Waals surface area contributed by atoms with Crippen LogP contribution in [0.2, 0.25) is 0 Å². The fourth-order valence-corrected chi connectivity index (χ4v) is 3.77. The zero-order valence-electron chi connectivity index (χ0n) is 15.6. The van der Waals surface area contributed by atoms with E-state index < -0.39 is 10.0 Å². The summed E-state index contributed by atoms with van der Waals surface area (Å²) in [7, 11) is -3.67. The molecular weight excluding hydrogens is 380 g/mol. The molecule has 0 saturated carbocycles. The van der Waals surface area contributed by atoms with Crippen molar-refractivity contribution in [3.63, 3.8) is 0 Å². The van der Waals surface area contributed by atoms with E-state index in [9.17, 15) is 8.42 Å². The van der Waals surface area contributed by atoms with Gasteiger partial charge >= 0.3 is 0 Å². The molecule has 0 saturated heterocycles. The van der Waals surface area contributed by atoms with Gasteiger partial charge in [0.1, 0.15) is 0 Å². The first kappa shape index (κ1) is 21.3. The number of sulfonamides is 1. The van der Waals surface area contributed by atoms with Gasteiger partial charge in [0.2, 0.25) is 10.0 Å². The first-order chi connectivity index (χ1) is 12.9. The largest absolute Gasteiger partial charge is 0.357 e. The summed E-state index contributed by atoms with van der Waals surface area (Å²) in [6.07, 6.45) is 0. The quantitative estimate of drug-likeness (QED) is 0.356. The third kappa shape index (κ3) is 7.62. The molecule has 0 radical (unpaired) electrons. The molecule has 1 unspecified atom stereocenters. The molecule has 0 heterocycles. The number of thioether (sulfide) groups is 1. The second-order valence-corrected chi connectivity index (χ2v) is 9.08. The molecule has 2 aromatic carbocycles. The molecule has 0 fully saturated rings. The summed E-state index contributed by atoms with van der Waals surface area (Å²) in [6.45, 7) is 6.16. The number of guanidine groups is 1. The average Bonchev–Trinajstić information content (AvgIpc) is 2.64. The van der Waals surface area contributed by atoms with Crippen LogP contribution in [0, 0.1) is 0 Å². The van der Waals surface area contributed by atoms with Gasteiger partial charge < -0.3 is 10.6 Å². The highest BCUT2D eigenvalue weighted by molar-refractivity contribution is 8.00. The Bertz CT molecular complexity index is 838. The van der Waals surface area contributed by atoms with Gasteiger partial charge in [-0.05, 0) is 36.8 Å². The minimum absolute atomic E-state index is 0.104. The lowest BCUT2D eigenvalue weighted by molar-refractivity contribution is 0.598. The monoisotopic (exact) mass is 406 g/mol. The summed E-state index contributed by atoms with van der Waals surface area (Å²) in [5.41, 5.74) is 0.909. The van der Waals surface area contributed by atoms with Crippen LogP contribution in [-0.4, -0.2) is 32.7 Å². The maximum atomic E-state index is 11.3. The van der Waals surface area contributed by atoms with Gasteiger partial charge in [0.25, 0.3) is 0 Å². The number of primary sulfonamides is 1. The molecule has 0 aliphatic heterocycles. The third-order valence-electron chi connectivity index (χ3n) is 3.65. The molecule has 0 bridgehead atoms. The van der Waals surface area contributed by atoms with Crippen molar-refractivity contribution < 1.29 is 8.42 Å². The summed E-state index contributed by atoms with van der Waals surface area (Å²) in [6, 6.07) is 16.7. The minimum atomic E-state index is -3.67. The molecule has 27 heavy (non-hydrogen) atoms. The number of hydrogen-bond donors (Lipinski definition) is 3. The lowest BCUT2D eigenvalue weighted by atomic mass is 10.2. The fourth-order valence-electron chi connectivity index (χ4n) is 2.31.